The first-order valence-electron chi connectivity index (χ1n) is 6.30. The summed E-state index contributed by atoms with van der Waals surface area (Å²) in [4.78, 5) is 25.7. The van der Waals surface area contributed by atoms with Crippen LogP contribution in [0.4, 0.5) is 5.69 Å². The Morgan fingerprint density at radius 3 is 2.72 bits per heavy atom. The van der Waals surface area contributed by atoms with E-state index in [-0.39, 0.29) is 11.8 Å². The molecular weight excluding hydrogens is 228 g/mol. The second-order valence-electron chi connectivity index (χ2n) is 4.55. The Hall–Kier alpha value is -1.84. The molecule has 0 saturated carbocycles. The molecule has 2 rings (SSSR count). The topological polar surface area (TPSA) is 49.4 Å². The van der Waals surface area contributed by atoms with Crippen LogP contribution in [-0.4, -0.2) is 24.4 Å². The number of hydrogen-bond donors (Lipinski definition) is 1. The van der Waals surface area contributed by atoms with E-state index in [1.807, 2.05) is 38.1 Å². The van der Waals surface area contributed by atoms with Gasteiger partial charge < -0.3 is 10.2 Å². The number of amides is 2. The monoisotopic (exact) mass is 246 g/mol. The fourth-order valence-corrected chi connectivity index (χ4v) is 2.22. The summed E-state index contributed by atoms with van der Waals surface area (Å²) in [5.74, 6) is -0.0658. The van der Waals surface area contributed by atoms with E-state index in [2.05, 4.69) is 5.32 Å². The van der Waals surface area contributed by atoms with Gasteiger partial charge in [-0.25, -0.2) is 0 Å². The van der Waals surface area contributed by atoms with Gasteiger partial charge in [-0.05, 0) is 25.0 Å². The molecule has 0 aliphatic carbocycles. The van der Waals surface area contributed by atoms with Crippen LogP contribution in [-0.2, 0) is 9.59 Å². The first-order valence-corrected chi connectivity index (χ1v) is 6.30. The Morgan fingerprint density at radius 1 is 1.33 bits per heavy atom. The number of nitrogens with zero attached hydrogens (tertiary/aromatic N) is 1. The van der Waals surface area contributed by atoms with E-state index >= 15 is 0 Å². The number of aryl methyl sites for hydroxylation is 1. The lowest BCUT2D eigenvalue weighted by Crippen LogP contribution is -2.44. The standard InChI is InChI=1S/C14H18N2O2/c1-3-11-14(18)16(9-8-13(17)15-11)12-7-5-4-6-10(12)2/h4-7,11H,3,8-9H2,1-2H3,(H,15,17). The lowest BCUT2D eigenvalue weighted by Gasteiger charge is -2.25. The zero-order valence-corrected chi connectivity index (χ0v) is 10.8. The maximum Gasteiger partial charge on any atom is 0.249 e. The molecule has 0 radical (unpaired) electrons. The van der Waals surface area contributed by atoms with Crippen molar-refractivity contribution in [1.82, 2.24) is 5.32 Å². The molecule has 1 N–H and O–H groups in total. The first kappa shape index (κ1) is 12.6. The van der Waals surface area contributed by atoms with Crippen molar-refractivity contribution in [1.29, 1.82) is 0 Å². The summed E-state index contributed by atoms with van der Waals surface area (Å²) in [5, 5.41) is 2.77. The van der Waals surface area contributed by atoms with Gasteiger partial charge in [-0.1, -0.05) is 25.1 Å². The summed E-state index contributed by atoms with van der Waals surface area (Å²) in [6.07, 6.45) is 0.976. The van der Waals surface area contributed by atoms with Gasteiger partial charge in [0.1, 0.15) is 6.04 Å². The third kappa shape index (κ3) is 2.37. The van der Waals surface area contributed by atoms with Crippen molar-refractivity contribution in [2.24, 2.45) is 0 Å². The van der Waals surface area contributed by atoms with Crippen LogP contribution in [0.1, 0.15) is 25.3 Å². The number of carbonyl (C=O) groups excluding carboxylic acids is 2. The molecule has 1 saturated heterocycles. The summed E-state index contributed by atoms with van der Waals surface area (Å²) in [6, 6.07) is 7.36. The average molecular weight is 246 g/mol. The zero-order valence-electron chi connectivity index (χ0n) is 10.8. The van der Waals surface area contributed by atoms with Gasteiger partial charge in [-0.15, -0.1) is 0 Å². The van der Waals surface area contributed by atoms with Gasteiger partial charge in [0, 0.05) is 18.7 Å². The first-order chi connectivity index (χ1) is 8.63. The minimum absolute atomic E-state index is 0.0161. The molecule has 1 aliphatic rings. The van der Waals surface area contributed by atoms with Crippen LogP contribution in [0.15, 0.2) is 24.3 Å². The second-order valence-corrected chi connectivity index (χ2v) is 4.55. The number of hydrogen-bond acceptors (Lipinski definition) is 2. The second kappa shape index (κ2) is 5.21. The largest absolute Gasteiger partial charge is 0.344 e. The van der Waals surface area contributed by atoms with Crippen molar-refractivity contribution in [3.05, 3.63) is 29.8 Å². The molecule has 1 aromatic carbocycles. The predicted molar refractivity (Wildman–Crippen MR) is 70.4 cm³/mol. The van der Waals surface area contributed by atoms with E-state index in [0.29, 0.717) is 19.4 Å². The van der Waals surface area contributed by atoms with E-state index in [0.717, 1.165) is 11.3 Å². The maximum atomic E-state index is 12.4. The van der Waals surface area contributed by atoms with E-state index in [9.17, 15) is 9.59 Å². The quantitative estimate of drug-likeness (QED) is 0.862. The van der Waals surface area contributed by atoms with Crippen molar-refractivity contribution in [3.8, 4) is 0 Å². The van der Waals surface area contributed by atoms with Crippen molar-refractivity contribution < 1.29 is 9.59 Å². The van der Waals surface area contributed by atoms with Crippen molar-refractivity contribution in [3.63, 3.8) is 0 Å². The summed E-state index contributed by atoms with van der Waals surface area (Å²) < 4.78 is 0. The van der Waals surface area contributed by atoms with Crippen LogP contribution in [0.5, 0.6) is 0 Å². The highest BCUT2D eigenvalue weighted by Gasteiger charge is 2.29. The number of anilines is 1. The fraction of sp³-hybridized carbons (Fsp3) is 0.429. The normalized spacial score (nSPS) is 20.6. The molecule has 4 heteroatoms. The van der Waals surface area contributed by atoms with Gasteiger partial charge in [0.2, 0.25) is 11.8 Å². The minimum Gasteiger partial charge on any atom is -0.344 e. The predicted octanol–water partition coefficient (Wildman–Crippen LogP) is 1.63. The Morgan fingerprint density at radius 2 is 2.06 bits per heavy atom. The average Bonchev–Trinajstić information content (AvgIpc) is 2.50. The van der Waals surface area contributed by atoms with Crippen LogP contribution < -0.4 is 10.2 Å². The number of para-hydroxylation sites is 1. The summed E-state index contributed by atoms with van der Waals surface area (Å²) >= 11 is 0. The molecule has 1 fully saturated rings. The van der Waals surface area contributed by atoms with Crippen molar-refractivity contribution in [2.75, 3.05) is 11.4 Å². The number of rotatable bonds is 2. The van der Waals surface area contributed by atoms with Gasteiger partial charge in [0.15, 0.2) is 0 Å². The lowest BCUT2D eigenvalue weighted by molar-refractivity contribution is -0.125. The van der Waals surface area contributed by atoms with Crippen molar-refractivity contribution >= 4 is 17.5 Å². The molecule has 0 bridgehead atoms. The zero-order chi connectivity index (χ0) is 13.1. The van der Waals surface area contributed by atoms with Gasteiger partial charge in [0.25, 0.3) is 0 Å². The minimum atomic E-state index is -0.403. The highest BCUT2D eigenvalue weighted by molar-refractivity contribution is 6.01. The maximum absolute atomic E-state index is 12.4. The molecular formula is C14H18N2O2. The Kier molecular flexibility index (Phi) is 3.65. The Bertz CT molecular complexity index is 471. The Balaban J connectivity index is 2.34. The summed E-state index contributed by atoms with van der Waals surface area (Å²) in [5.41, 5.74) is 1.95. The fourth-order valence-electron chi connectivity index (χ4n) is 2.22. The van der Waals surface area contributed by atoms with E-state index < -0.39 is 6.04 Å². The molecule has 18 heavy (non-hydrogen) atoms. The Labute approximate surface area is 107 Å². The number of nitrogens with one attached hydrogen (secondary N) is 1. The summed E-state index contributed by atoms with van der Waals surface area (Å²) in [7, 11) is 0. The molecule has 2 amide bonds. The molecule has 1 heterocycles. The van der Waals surface area contributed by atoms with Crippen LogP contribution in [0.2, 0.25) is 0 Å². The lowest BCUT2D eigenvalue weighted by atomic mass is 10.1. The molecule has 1 aliphatic heterocycles. The highest BCUT2D eigenvalue weighted by Crippen LogP contribution is 2.22. The smallest absolute Gasteiger partial charge is 0.249 e. The van der Waals surface area contributed by atoms with Gasteiger partial charge in [-0.2, -0.15) is 0 Å². The molecule has 1 atom stereocenters. The molecule has 1 aromatic rings. The van der Waals surface area contributed by atoms with Gasteiger partial charge in [-0.3, -0.25) is 9.59 Å². The van der Waals surface area contributed by atoms with Crippen molar-refractivity contribution in [2.45, 2.75) is 32.7 Å². The van der Waals surface area contributed by atoms with Gasteiger partial charge >= 0.3 is 0 Å². The summed E-state index contributed by atoms with van der Waals surface area (Å²) in [6.45, 7) is 4.33. The van der Waals surface area contributed by atoms with E-state index in [1.165, 1.54) is 0 Å². The molecule has 0 spiro atoms. The van der Waals surface area contributed by atoms with Gasteiger partial charge in [0.05, 0.1) is 0 Å². The third-order valence-electron chi connectivity index (χ3n) is 3.28. The highest BCUT2D eigenvalue weighted by atomic mass is 16.2. The third-order valence-corrected chi connectivity index (χ3v) is 3.28. The van der Waals surface area contributed by atoms with Crippen LogP contribution in [0.25, 0.3) is 0 Å². The van der Waals surface area contributed by atoms with Crippen LogP contribution in [0, 0.1) is 6.92 Å². The molecule has 0 aromatic heterocycles. The van der Waals surface area contributed by atoms with Crippen LogP contribution in [0.3, 0.4) is 0 Å². The van der Waals surface area contributed by atoms with E-state index in [4.69, 9.17) is 0 Å². The molecule has 96 valence electrons. The molecule has 4 nitrogen and oxygen atoms in total. The number of benzene rings is 1. The van der Waals surface area contributed by atoms with Crippen LogP contribution >= 0.6 is 0 Å². The van der Waals surface area contributed by atoms with E-state index in [1.54, 1.807) is 4.90 Å². The molecule has 1 unspecified atom stereocenters. The number of carbonyl (C=O) groups is 2. The SMILES string of the molecule is CCC1NC(=O)CCN(c2ccccc2C)C1=O.